The van der Waals surface area contributed by atoms with E-state index < -0.39 is 0 Å². The first-order valence-corrected chi connectivity index (χ1v) is 5.95. The SMILES string of the molecule is COc1ccc(=O)n(Cc2ccc(F)c(Br)c2)n1. The quantitative estimate of drug-likeness (QED) is 0.872. The maximum absolute atomic E-state index is 13.1. The highest BCUT2D eigenvalue weighted by Crippen LogP contribution is 2.17. The number of methoxy groups -OCH3 is 1. The van der Waals surface area contributed by atoms with E-state index in [0.29, 0.717) is 10.4 Å². The minimum atomic E-state index is -0.343. The Labute approximate surface area is 111 Å². The molecule has 0 aliphatic rings. The van der Waals surface area contributed by atoms with Gasteiger partial charge in [-0.3, -0.25) is 4.79 Å². The number of rotatable bonds is 3. The van der Waals surface area contributed by atoms with Crippen LogP contribution in [0.5, 0.6) is 5.88 Å². The van der Waals surface area contributed by atoms with Crippen molar-refractivity contribution >= 4 is 15.9 Å². The van der Waals surface area contributed by atoms with Crippen molar-refractivity contribution in [3.05, 3.63) is 56.5 Å². The molecule has 0 fully saturated rings. The fourth-order valence-corrected chi connectivity index (χ4v) is 1.89. The number of nitrogens with zero attached hydrogens (tertiary/aromatic N) is 2. The molecule has 0 aliphatic carbocycles. The summed E-state index contributed by atoms with van der Waals surface area (Å²) < 4.78 is 19.7. The molecular formula is C12H10BrFN2O2. The number of halogens is 2. The molecule has 2 rings (SSSR count). The zero-order valence-corrected chi connectivity index (χ0v) is 11.1. The second-order valence-corrected chi connectivity index (χ2v) is 4.47. The third-order valence-electron chi connectivity index (χ3n) is 2.37. The number of benzene rings is 1. The third kappa shape index (κ3) is 2.76. The first-order valence-electron chi connectivity index (χ1n) is 5.16. The zero-order valence-electron chi connectivity index (χ0n) is 9.56. The molecule has 0 saturated carbocycles. The van der Waals surface area contributed by atoms with E-state index in [4.69, 9.17) is 4.74 Å². The second kappa shape index (κ2) is 5.30. The van der Waals surface area contributed by atoms with E-state index in [0.717, 1.165) is 5.56 Å². The Morgan fingerprint density at radius 1 is 1.39 bits per heavy atom. The average molecular weight is 313 g/mol. The lowest BCUT2D eigenvalue weighted by Gasteiger charge is -2.06. The highest BCUT2D eigenvalue weighted by atomic mass is 79.9. The van der Waals surface area contributed by atoms with Gasteiger partial charge in [0.05, 0.1) is 18.1 Å². The Bertz CT molecular complexity index is 628. The first kappa shape index (κ1) is 12.8. The van der Waals surface area contributed by atoms with E-state index in [9.17, 15) is 9.18 Å². The predicted octanol–water partition coefficient (Wildman–Crippen LogP) is 2.20. The molecule has 0 N–H and O–H groups in total. The van der Waals surface area contributed by atoms with Gasteiger partial charge in [0, 0.05) is 12.1 Å². The molecule has 4 nitrogen and oxygen atoms in total. The van der Waals surface area contributed by atoms with Gasteiger partial charge in [-0.2, -0.15) is 0 Å². The summed E-state index contributed by atoms with van der Waals surface area (Å²) in [6.45, 7) is 0.259. The molecule has 0 atom stereocenters. The van der Waals surface area contributed by atoms with Gasteiger partial charge in [0.1, 0.15) is 5.82 Å². The highest BCUT2D eigenvalue weighted by molar-refractivity contribution is 9.10. The van der Waals surface area contributed by atoms with Crippen LogP contribution in [-0.4, -0.2) is 16.9 Å². The van der Waals surface area contributed by atoms with Gasteiger partial charge in [0.2, 0.25) is 5.88 Å². The topological polar surface area (TPSA) is 44.1 Å². The summed E-state index contributed by atoms with van der Waals surface area (Å²) in [6, 6.07) is 7.44. The van der Waals surface area contributed by atoms with E-state index in [2.05, 4.69) is 21.0 Å². The van der Waals surface area contributed by atoms with Crippen molar-refractivity contribution in [3.63, 3.8) is 0 Å². The highest BCUT2D eigenvalue weighted by Gasteiger charge is 2.04. The normalized spacial score (nSPS) is 10.4. The third-order valence-corrected chi connectivity index (χ3v) is 2.98. The van der Waals surface area contributed by atoms with Crippen molar-refractivity contribution < 1.29 is 9.13 Å². The molecule has 6 heteroatoms. The van der Waals surface area contributed by atoms with Gasteiger partial charge in [-0.05, 0) is 33.6 Å². The lowest BCUT2D eigenvalue weighted by molar-refractivity contribution is 0.379. The standard InChI is InChI=1S/C12H10BrFN2O2/c1-18-11-4-5-12(17)16(15-11)7-8-2-3-10(14)9(13)6-8/h2-6H,7H2,1H3. The van der Waals surface area contributed by atoms with E-state index in [1.165, 1.54) is 30.0 Å². The summed E-state index contributed by atoms with van der Waals surface area (Å²) in [7, 11) is 1.48. The van der Waals surface area contributed by atoms with Gasteiger partial charge in [0.25, 0.3) is 5.56 Å². The van der Waals surface area contributed by atoms with E-state index >= 15 is 0 Å². The molecule has 0 aliphatic heterocycles. The molecule has 2 aromatic rings. The van der Waals surface area contributed by atoms with Crippen LogP contribution in [0.4, 0.5) is 4.39 Å². The molecule has 1 aromatic heterocycles. The largest absolute Gasteiger partial charge is 0.480 e. The van der Waals surface area contributed by atoms with Crippen molar-refractivity contribution in [2.45, 2.75) is 6.54 Å². The Kier molecular flexibility index (Phi) is 3.76. The van der Waals surface area contributed by atoms with Crippen LogP contribution in [0.15, 0.2) is 39.6 Å². The number of ether oxygens (including phenoxy) is 1. The lowest BCUT2D eigenvalue weighted by Crippen LogP contribution is -2.22. The molecular weight excluding hydrogens is 303 g/mol. The second-order valence-electron chi connectivity index (χ2n) is 3.62. The Balaban J connectivity index is 2.33. The van der Waals surface area contributed by atoms with Crippen molar-refractivity contribution in [3.8, 4) is 5.88 Å². The zero-order chi connectivity index (χ0) is 13.1. The minimum Gasteiger partial charge on any atom is -0.480 e. The van der Waals surface area contributed by atoms with Crippen molar-refractivity contribution in [2.24, 2.45) is 0 Å². The molecule has 0 amide bonds. The van der Waals surface area contributed by atoms with Crippen LogP contribution in [-0.2, 0) is 6.54 Å². The van der Waals surface area contributed by atoms with Gasteiger partial charge in [-0.25, -0.2) is 9.07 Å². The number of hydrogen-bond acceptors (Lipinski definition) is 3. The van der Waals surface area contributed by atoms with Crippen LogP contribution in [0, 0.1) is 5.82 Å². The van der Waals surface area contributed by atoms with Gasteiger partial charge in [0.15, 0.2) is 0 Å². The van der Waals surface area contributed by atoms with E-state index in [-0.39, 0.29) is 17.9 Å². The monoisotopic (exact) mass is 312 g/mol. The Hall–Kier alpha value is -1.69. The number of hydrogen-bond donors (Lipinski definition) is 0. The maximum atomic E-state index is 13.1. The summed E-state index contributed by atoms with van der Waals surface area (Å²) in [5.41, 5.74) is 0.530. The minimum absolute atomic E-state index is 0.240. The molecule has 1 aromatic carbocycles. The van der Waals surface area contributed by atoms with Crippen LogP contribution in [0.1, 0.15) is 5.56 Å². The first-order chi connectivity index (χ1) is 8.60. The Morgan fingerprint density at radius 2 is 2.17 bits per heavy atom. The summed E-state index contributed by atoms with van der Waals surface area (Å²) in [6.07, 6.45) is 0. The van der Waals surface area contributed by atoms with Crippen molar-refractivity contribution in [2.75, 3.05) is 7.11 Å². The smallest absolute Gasteiger partial charge is 0.267 e. The van der Waals surface area contributed by atoms with Crippen LogP contribution >= 0.6 is 15.9 Å². The summed E-state index contributed by atoms with van der Waals surface area (Å²) in [5, 5.41) is 4.01. The van der Waals surface area contributed by atoms with Crippen molar-refractivity contribution in [1.82, 2.24) is 9.78 Å². The summed E-state index contributed by atoms with van der Waals surface area (Å²) >= 11 is 3.10. The van der Waals surface area contributed by atoms with E-state index in [1.807, 2.05) is 0 Å². The molecule has 0 spiro atoms. The molecule has 0 unspecified atom stereocenters. The fraction of sp³-hybridized carbons (Fsp3) is 0.167. The van der Waals surface area contributed by atoms with Gasteiger partial charge < -0.3 is 4.74 Å². The molecule has 1 heterocycles. The Morgan fingerprint density at radius 3 is 2.83 bits per heavy atom. The summed E-state index contributed by atoms with van der Waals surface area (Å²) in [4.78, 5) is 11.6. The van der Waals surface area contributed by atoms with Crippen LogP contribution in [0.3, 0.4) is 0 Å². The summed E-state index contributed by atoms with van der Waals surface area (Å²) in [5.74, 6) is 0.0143. The van der Waals surface area contributed by atoms with Gasteiger partial charge >= 0.3 is 0 Å². The fourth-order valence-electron chi connectivity index (χ4n) is 1.46. The maximum Gasteiger partial charge on any atom is 0.267 e. The van der Waals surface area contributed by atoms with Crippen LogP contribution in [0.2, 0.25) is 0 Å². The van der Waals surface area contributed by atoms with Crippen LogP contribution in [0.25, 0.3) is 0 Å². The lowest BCUT2D eigenvalue weighted by atomic mass is 10.2. The molecule has 0 radical (unpaired) electrons. The van der Waals surface area contributed by atoms with Crippen molar-refractivity contribution in [1.29, 1.82) is 0 Å². The predicted molar refractivity (Wildman–Crippen MR) is 68.3 cm³/mol. The average Bonchev–Trinajstić information content (AvgIpc) is 2.36. The molecule has 0 bridgehead atoms. The van der Waals surface area contributed by atoms with Gasteiger partial charge in [-0.1, -0.05) is 6.07 Å². The van der Waals surface area contributed by atoms with Crippen LogP contribution < -0.4 is 10.3 Å². The number of aromatic nitrogens is 2. The molecule has 18 heavy (non-hydrogen) atoms. The molecule has 94 valence electrons. The van der Waals surface area contributed by atoms with Gasteiger partial charge in [-0.15, -0.1) is 5.10 Å². The molecule has 0 saturated heterocycles. The van der Waals surface area contributed by atoms with E-state index in [1.54, 1.807) is 12.1 Å².